The molecule has 2 aromatic rings. The zero-order valence-corrected chi connectivity index (χ0v) is 13.1. The van der Waals surface area contributed by atoms with Crippen LogP contribution in [0.1, 0.15) is 28.7 Å². The van der Waals surface area contributed by atoms with Crippen LogP contribution in [0.25, 0.3) is 0 Å². The van der Waals surface area contributed by atoms with Crippen LogP contribution >= 0.6 is 15.9 Å². The molecule has 0 aromatic carbocycles. The Bertz CT molecular complexity index is 609. The molecule has 0 saturated carbocycles. The molecular formula is C14H17BrN4O. The van der Waals surface area contributed by atoms with Crippen molar-refractivity contribution in [2.24, 2.45) is 0 Å². The summed E-state index contributed by atoms with van der Waals surface area (Å²) < 4.78 is 2.39. The summed E-state index contributed by atoms with van der Waals surface area (Å²) in [6, 6.07) is 3.93. The van der Waals surface area contributed by atoms with Crippen molar-refractivity contribution in [3.63, 3.8) is 0 Å². The van der Waals surface area contributed by atoms with Gasteiger partial charge in [0, 0.05) is 31.4 Å². The minimum atomic E-state index is -0.121. The lowest BCUT2D eigenvalue weighted by atomic mass is 10.1. The van der Waals surface area contributed by atoms with Crippen LogP contribution in [0.15, 0.2) is 29.0 Å². The van der Waals surface area contributed by atoms with E-state index < -0.39 is 0 Å². The molecule has 1 amide bonds. The Hall–Kier alpha value is -1.69. The summed E-state index contributed by atoms with van der Waals surface area (Å²) in [5, 5.41) is 7.04. The van der Waals surface area contributed by atoms with Crippen molar-refractivity contribution in [2.75, 3.05) is 6.54 Å². The Labute approximate surface area is 126 Å². The smallest absolute Gasteiger partial charge is 0.270 e. The van der Waals surface area contributed by atoms with Gasteiger partial charge >= 0.3 is 0 Å². The number of hydrogen-bond acceptors (Lipinski definition) is 3. The SMILES string of the molecule is CCn1ncc(Br)c1C(=O)NCCc1ncccc1C. The Morgan fingerprint density at radius 2 is 2.30 bits per heavy atom. The van der Waals surface area contributed by atoms with Gasteiger partial charge < -0.3 is 5.32 Å². The average Bonchev–Trinajstić information content (AvgIpc) is 2.82. The van der Waals surface area contributed by atoms with Crippen molar-refractivity contribution in [1.82, 2.24) is 20.1 Å². The molecule has 0 aliphatic rings. The quantitative estimate of drug-likeness (QED) is 0.911. The number of pyridine rings is 1. The first kappa shape index (κ1) is 14.7. The van der Waals surface area contributed by atoms with E-state index in [9.17, 15) is 4.79 Å². The van der Waals surface area contributed by atoms with Crippen LogP contribution in [-0.4, -0.2) is 27.2 Å². The van der Waals surface area contributed by atoms with Crippen LogP contribution in [0.5, 0.6) is 0 Å². The van der Waals surface area contributed by atoms with E-state index in [0.717, 1.165) is 17.7 Å². The van der Waals surface area contributed by atoms with Gasteiger partial charge in [-0.15, -0.1) is 0 Å². The molecule has 0 radical (unpaired) electrons. The summed E-state index contributed by atoms with van der Waals surface area (Å²) in [5.41, 5.74) is 2.71. The van der Waals surface area contributed by atoms with Gasteiger partial charge in [-0.05, 0) is 41.4 Å². The molecule has 1 N–H and O–H groups in total. The van der Waals surface area contributed by atoms with Crippen LogP contribution in [0.3, 0.4) is 0 Å². The van der Waals surface area contributed by atoms with Crippen LogP contribution in [-0.2, 0) is 13.0 Å². The highest BCUT2D eigenvalue weighted by Gasteiger charge is 2.15. The number of nitrogens with zero attached hydrogens (tertiary/aromatic N) is 3. The highest BCUT2D eigenvalue weighted by atomic mass is 79.9. The molecule has 2 heterocycles. The minimum absolute atomic E-state index is 0.121. The van der Waals surface area contributed by atoms with Crippen molar-refractivity contribution in [1.29, 1.82) is 0 Å². The first-order valence-corrected chi connectivity index (χ1v) is 7.32. The second kappa shape index (κ2) is 6.65. The minimum Gasteiger partial charge on any atom is -0.350 e. The number of carbonyl (C=O) groups excluding carboxylic acids is 1. The molecule has 5 nitrogen and oxygen atoms in total. The van der Waals surface area contributed by atoms with Gasteiger partial charge in [0.15, 0.2) is 0 Å². The summed E-state index contributed by atoms with van der Waals surface area (Å²) in [6.45, 7) is 5.19. The zero-order valence-electron chi connectivity index (χ0n) is 11.6. The third-order valence-electron chi connectivity index (χ3n) is 3.07. The Kier molecular flexibility index (Phi) is 4.89. The van der Waals surface area contributed by atoms with Gasteiger partial charge in [-0.2, -0.15) is 5.10 Å². The van der Waals surface area contributed by atoms with Crippen molar-refractivity contribution in [3.8, 4) is 0 Å². The highest BCUT2D eigenvalue weighted by Crippen LogP contribution is 2.15. The molecular weight excluding hydrogens is 320 g/mol. The average molecular weight is 337 g/mol. The maximum atomic E-state index is 12.2. The Morgan fingerprint density at radius 1 is 1.50 bits per heavy atom. The van der Waals surface area contributed by atoms with Gasteiger partial charge in [-0.3, -0.25) is 14.5 Å². The van der Waals surface area contributed by atoms with E-state index in [1.807, 2.05) is 26.0 Å². The molecule has 0 saturated heterocycles. The fourth-order valence-electron chi connectivity index (χ4n) is 1.99. The second-order valence-corrected chi connectivity index (χ2v) is 5.28. The maximum absolute atomic E-state index is 12.2. The summed E-state index contributed by atoms with van der Waals surface area (Å²) >= 11 is 3.35. The monoisotopic (exact) mass is 336 g/mol. The highest BCUT2D eigenvalue weighted by molar-refractivity contribution is 9.10. The fourth-order valence-corrected chi connectivity index (χ4v) is 2.46. The summed E-state index contributed by atoms with van der Waals surface area (Å²) in [6.07, 6.45) is 4.13. The van der Waals surface area contributed by atoms with E-state index in [1.54, 1.807) is 17.1 Å². The first-order chi connectivity index (χ1) is 9.63. The third kappa shape index (κ3) is 3.25. The number of amides is 1. The predicted molar refractivity (Wildman–Crippen MR) is 80.6 cm³/mol. The normalized spacial score (nSPS) is 10.6. The summed E-state index contributed by atoms with van der Waals surface area (Å²) in [4.78, 5) is 16.5. The fraction of sp³-hybridized carbons (Fsp3) is 0.357. The van der Waals surface area contributed by atoms with Crippen molar-refractivity contribution >= 4 is 21.8 Å². The zero-order chi connectivity index (χ0) is 14.5. The molecule has 0 bridgehead atoms. The number of aromatic nitrogens is 3. The third-order valence-corrected chi connectivity index (χ3v) is 3.65. The Morgan fingerprint density at radius 3 is 3.00 bits per heavy atom. The number of nitrogens with one attached hydrogen (secondary N) is 1. The van der Waals surface area contributed by atoms with Crippen LogP contribution in [0.2, 0.25) is 0 Å². The molecule has 20 heavy (non-hydrogen) atoms. The van der Waals surface area contributed by atoms with Crippen LogP contribution < -0.4 is 5.32 Å². The molecule has 2 rings (SSSR count). The molecule has 0 fully saturated rings. The van der Waals surface area contributed by atoms with E-state index in [1.165, 1.54) is 0 Å². The second-order valence-electron chi connectivity index (χ2n) is 4.43. The lowest BCUT2D eigenvalue weighted by molar-refractivity contribution is 0.0942. The number of hydrogen-bond donors (Lipinski definition) is 1. The number of aryl methyl sites for hydroxylation is 2. The van der Waals surface area contributed by atoms with Gasteiger partial charge in [0.25, 0.3) is 5.91 Å². The lowest BCUT2D eigenvalue weighted by Crippen LogP contribution is -2.28. The number of rotatable bonds is 5. The molecule has 106 valence electrons. The largest absolute Gasteiger partial charge is 0.350 e. The predicted octanol–water partition coefficient (Wildman–Crippen LogP) is 2.34. The molecule has 0 spiro atoms. The topological polar surface area (TPSA) is 59.8 Å². The van der Waals surface area contributed by atoms with Crippen LogP contribution in [0.4, 0.5) is 0 Å². The van der Waals surface area contributed by atoms with Gasteiger partial charge in [-0.1, -0.05) is 6.07 Å². The molecule has 0 unspecified atom stereocenters. The molecule has 6 heteroatoms. The van der Waals surface area contributed by atoms with Crippen molar-refractivity contribution < 1.29 is 4.79 Å². The Balaban J connectivity index is 1.96. The van der Waals surface area contributed by atoms with Gasteiger partial charge in [0.05, 0.1) is 10.7 Å². The molecule has 2 aromatic heterocycles. The van der Waals surface area contributed by atoms with Gasteiger partial charge in [0.1, 0.15) is 5.69 Å². The van der Waals surface area contributed by atoms with Crippen LogP contribution in [0, 0.1) is 6.92 Å². The number of halogens is 1. The summed E-state index contributed by atoms with van der Waals surface area (Å²) in [5.74, 6) is -0.121. The van der Waals surface area contributed by atoms with Gasteiger partial charge in [-0.25, -0.2) is 0 Å². The van der Waals surface area contributed by atoms with E-state index in [2.05, 4.69) is 31.3 Å². The van der Waals surface area contributed by atoms with E-state index >= 15 is 0 Å². The standard InChI is InChI=1S/C14H17BrN4O/c1-3-19-13(11(15)9-18-19)14(20)17-8-6-12-10(2)5-4-7-16-12/h4-5,7,9H,3,6,8H2,1-2H3,(H,17,20). The molecule has 0 atom stereocenters. The first-order valence-electron chi connectivity index (χ1n) is 6.53. The lowest BCUT2D eigenvalue weighted by Gasteiger charge is -2.08. The molecule has 0 aliphatic carbocycles. The maximum Gasteiger partial charge on any atom is 0.270 e. The summed E-state index contributed by atoms with van der Waals surface area (Å²) in [7, 11) is 0. The van der Waals surface area contributed by atoms with Crippen molar-refractivity contribution in [3.05, 3.63) is 46.0 Å². The van der Waals surface area contributed by atoms with E-state index in [4.69, 9.17) is 0 Å². The number of carbonyl (C=O) groups is 1. The van der Waals surface area contributed by atoms with Gasteiger partial charge in [0.2, 0.25) is 0 Å². The van der Waals surface area contributed by atoms with Crippen molar-refractivity contribution in [2.45, 2.75) is 26.8 Å². The van der Waals surface area contributed by atoms with E-state index in [0.29, 0.717) is 23.3 Å². The van der Waals surface area contributed by atoms with E-state index in [-0.39, 0.29) is 5.91 Å². The molecule has 0 aliphatic heterocycles.